The van der Waals surface area contributed by atoms with Crippen molar-refractivity contribution < 1.29 is 18.3 Å². The largest absolute Gasteiger partial charge is 0.444 e. The topological polar surface area (TPSA) is 41.6 Å². The molecule has 4 nitrogen and oxygen atoms in total. The number of nitrogens with zero attached hydrogens (tertiary/aromatic N) is 1. The van der Waals surface area contributed by atoms with Crippen molar-refractivity contribution in [1.29, 1.82) is 0 Å². The maximum Gasteiger partial charge on any atom is 0.410 e. The Balaban J connectivity index is 4.23. The summed E-state index contributed by atoms with van der Waals surface area (Å²) in [6, 6.07) is 0. The van der Waals surface area contributed by atoms with Gasteiger partial charge in [-0.2, -0.15) is 0 Å². The van der Waals surface area contributed by atoms with Gasteiger partial charge in [-0.1, -0.05) is 0 Å². The highest BCUT2D eigenvalue weighted by atomic mass is 19.3. The molecule has 0 aliphatic carbocycles. The van der Waals surface area contributed by atoms with E-state index < -0.39 is 24.2 Å². The van der Waals surface area contributed by atoms with E-state index in [1.165, 1.54) is 7.05 Å². The molecule has 102 valence electrons. The number of rotatable bonds is 5. The van der Waals surface area contributed by atoms with Crippen molar-refractivity contribution in [2.45, 2.75) is 38.7 Å². The lowest BCUT2D eigenvalue weighted by Crippen LogP contribution is -2.42. The summed E-state index contributed by atoms with van der Waals surface area (Å²) in [5.41, 5.74) is -0.675. The van der Waals surface area contributed by atoms with Crippen molar-refractivity contribution in [2.24, 2.45) is 0 Å². The van der Waals surface area contributed by atoms with E-state index in [-0.39, 0.29) is 13.0 Å². The molecule has 0 spiro atoms. The highest BCUT2D eigenvalue weighted by molar-refractivity contribution is 5.67. The number of amides is 1. The van der Waals surface area contributed by atoms with Crippen LogP contribution in [0.15, 0.2) is 0 Å². The van der Waals surface area contributed by atoms with Crippen molar-refractivity contribution in [2.75, 3.05) is 27.2 Å². The van der Waals surface area contributed by atoms with Crippen LogP contribution >= 0.6 is 0 Å². The molecule has 0 aromatic carbocycles. The summed E-state index contributed by atoms with van der Waals surface area (Å²) in [6.07, 6.45) is -1.04. The van der Waals surface area contributed by atoms with Crippen LogP contribution in [0.5, 0.6) is 0 Å². The summed E-state index contributed by atoms with van der Waals surface area (Å²) in [7, 11) is 2.91. The Morgan fingerprint density at radius 3 is 2.29 bits per heavy atom. The smallest absolute Gasteiger partial charge is 0.410 e. The lowest BCUT2D eigenvalue weighted by Gasteiger charge is -2.27. The summed E-state index contributed by atoms with van der Waals surface area (Å²) < 4.78 is 31.7. The van der Waals surface area contributed by atoms with E-state index in [0.29, 0.717) is 0 Å². The molecule has 1 N–H and O–H groups in total. The Morgan fingerprint density at radius 2 is 1.88 bits per heavy atom. The van der Waals surface area contributed by atoms with Gasteiger partial charge in [0.15, 0.2) is 0 Å². The van der Waals surface area contributed by atoms with E-state index >= 15 is 0 Å². The van der Waals surface area contributed by atoms with Crippen LogP contribution in [0.1, 0.15) is 27.2 Å². The monoisotopic (exact) mass is 252 g/mol. The number of hydrogen-bond acceptors (Lipinski definition) is 3. The molecule has 6 heteroatoms. The first-order valence-corrected chi connectivity index (χ1v) is 5.54. The number of hydrogen-bond donors (Lipinski definition) is 1. The van der Waals surface area contributed by atoms with E-state index in [0.717, 1.165) is 4.90 Å². The standard InChI is InChI=1S/C11H22F2N2O2/c1-10(2,3)17-9(16)15(5)8-11(12,13)6-7-14-4/h14H,6-8H2,1-5H3. The van der Waals surface area contributed by atoms with Crippen molar-refractivity contribution in [1.82, 2.24) is 10.2 Å². The van der Waals surface area contributed by atoms with E-state index in [9.17, 15) is 13.6 Å². The molecule has 17 heavy (non-hydrogen) atoms. The van der Waals surface area contributed by atoms with Crippen LogP contribution in [-0.2, 0) is 4.74 Å². The van der Waals surface area contributed by atoms with Crippen LogP contribution in [-0.4, -0.2) is 49.7 Å². The zero-order valence-corrected chi connectivity index (χ0v) is 11.1. The summed E-state index contributed by atoms with van der Waals surface area (Å²) in [4.78, 5) is 12.4. The van der Waals surface area contributed by atoms with Gasteiger partial charge in [-0.15, -0.1) is 0 Å². The van der Waals surface area contributed by atoms with Crippen LogP contribution in [0.3, 0.4) is 0 Å². The minimum atomic E-state index is -2.91. The lowest BCUT2D eigenvalue weighted by atomic mass is 10.2. The molecule has 0 aromatic heterocycles. The Morgan fingerprint density at radius 1 is 1.35 bits per heavy atom. The molecule has 0 unspecified atom stereocenters. The van der Waals surface area contributed by atoms with Gasteiger partial charge < -0.3 is 15.0 Å². The highest BCUT2D eigenvalue weighted by Crippen LogP contribution is 2.20. The molecule has 1 amide bonds. The van der Waals surface area contributed by atoms with Gasteiger partial charge in [0.1, 0.15) is 5.60 Å². The Bertz CT molecular complexity index is 252. The number of alkyl halides is 2. The number of carbonyl (C=O) groups is 1. The number of carbonyl (C=O) groups excluding carboxylic acids is 1. The van der Waals surface area contributed by atoms with Crippen molar-refractivity contribution in [3.8, 4) is 0 Å². The van der Waals surface area contributed by atoms with Crippen LogP contribution < -0.4 is 5.32 Å². The Labute approximate surface area is 101 Å². The third-order valence-electron chi connectivity index (χ3n) is 1.91. The molecule has 0 atom stereocenters. The Hall–Kier alpha value is -0.910. The Kier molecular flexibility index (Phi) is 5.81. The fraction of sp³-hybridized carbons (Fsp3) is 0.909. The van der Waals surface area contributed by atoms with E-state index in [2.05, 4.69) is 5.32 Å². The van der Waals surface area contributed by atoms with Gasteiger partial charge in [0.2, 0.25) is 0 Å². The maximum absolute atomic E-state index is 13.4. The molecule has 0 fully saturated rings. The number of ether oxygens (including phenoxy) is 1. The van der Waals surface area contributed by atoms with Crippen LogP contribution in [0, 0.1) is 0 Å². The molecule has 0 aliphatic heterocycles. The molecular weight excluding hydrogens is 230 g/mol. The summed E-state index contributed by atoms with van der Waals surface area (Å²) in [6.45, 7) is 4.65. The van der Waals surface area contributed by atoms with Gasteiger partial charge in [-0.25, -0.2) is 13.6 Å². The second-order valence-electron chi connectivity index (χ2n) is 5.05. The first kappa shape index (κ1) is 16.1. The average Bonchev–Trinajstić information content (AvgIpc) is 2.11. The lowest BCUT2D eigenvalue weighted by molar-refractivity contribution is -0.0413. The third-order valence-corrected chi connectivity index (χ3v) is 1.91. The predicted octanol–water partition coefficient (Wildman–Crippen LogP) is 2.10. The van der Waals surface area contributed by atoms with Crippen LogP contribution in [0.2, 0.25) is 0 Å². The van der Waals surface area contributed by atoms with Crippen LogP contribution in [0.4, 0.5) is 13.6 Å². The van der Waals surface area contributed by atoms with Crippen molar-refractivity contribution >= 4 is 6.09 Å². The maximum atomic E-state index is 13.4. The van der Waals surface area contributed by atoms with Gasteiger partial charge in [0, 0.05) is 20.0 Å². The van der Waals surface area contributed by atoms with Gasteiger partial charge in [-0.05, 0) is 27.8 Å². The summed E-state index contributed by atoms with van der Waals surface area (Å²) >= 11 is 0. The molecule has 0 bridgehead atoms. The first-order chi connectivity index (χ1) is 7.57. The second kappa shape index (κ2) is 6.14. The minimum absolute atomic E-state index is 0.204. The van der Waals surface area contributed by atoms with Gasteiger partial charge in [0.25, 0.3) is 5.92 Å². The zero-order chi connectivity index (χ0) is 13.7. The predicted molar refractivity (Wildman–Crippen MR) is 62.4 cm³/mol. The molecule has 0 saturated heterocycles. The third kappa shape index (κ3) is 7.90. The van der Waals surface area contributed by atoms with E-state index in [1.54, 1.807) is 27.8 Å². The SMILES string of the molecule is CNCCC(F)(F)CN(C)C(=O)OC(C)(C)C. The van der Waals surface area contributed by atoms with Crippen molar-refractivity contribution in [3.63, 3.8) is 0 Å². The first-order valence-electron chi connectivity index (χ1n) is 5.54. The van der Waals surface area contributed by atoms with E-state index in [1.807, 2.05) is 0 Å². The molecule has 0 radical (unpaired) electrons. The number of nitrogens with one attached hydrogen (secondary N) is 1. The summed E-state index contributed by atoms with van der Waals surface area (Å²) in [5, 5.41) is 2.65. The molecule has 0 saturated carbocycles. The minimum Gasteiger partial charge on any atom is -0.444 e. The van der Waals surface area contributed by atoms with Crippen molar-refractivity contribution in [3.05, 3.63) is 0 Å². The zero-order valence-electron chi connectivity index (χ0n) is 11.1. The molecule has 0 heterocycles. The summed E-state index contributed by atoms with van der Waals surface area (Å²) in [5.74, 6) is -2.91. The highest BCUT2D eigenvalue weighted by Gasteiger charge is 2.32. The second-order valence-corrected chi connectivity index (χ2v) is 5.05. The van der Waals surface area contributed by atoms with Crippen LogP contribution in [0.25, 0.3) is 0 Å². The fourth-order valence-corrected chi connectivity index (χ4v) is 1.14. The average molecular weight is 252 g/mol. The molecule has 0 aliphatic rings. The molecule has 0 aromatic rings. The number of halogens is 2. The van der Waals surface area contributed by atoms with E-state index in [4.69, 9.17) is 4.74 Å². The van der Waals surface area contributed by atoms with Gasteiger partial charge in [-0.3, -0.25) is 0 Å². The normalized spacial score (nSPS) is 12.4. The quantitative estimate of drug-likeness (QED) is 0.814. The fourth-order valence-electron chi connectivity index (χ4n) is 1.14. The molecule has 0 rings (SSSR count). The van der Waals surface area contributed by atoms with Gasteiger partial charge >= 0.3 is 6.09 Å². The molecular formula is C11H22F2N2O2. The van der Waals surface area contributed by atoms with Gasteiger partial charge in [0.05, 0.1) is 6.54 Å².